The van der Waals surface area contributed by atoms with E-state index in [0.717, 1.165) is 37.7 Å². The van der Waals surface area contributed by atoms with E-state index in [1.54, 1.807) is 14.2 Å². The highest BCUT2D eigenvalue weighted by Crippen LogP contribution is 2.29. The zero-order chi connectivity index (χ0) is 13.0. The number of nitrogens with zero attached hydrogens (tertiary/aromatic N) is 1. The molecule has 100 valence electrons. The second kappa shape index (κ2) is 6.07. The number of hydrogen-bond donors (Lipinski definition) is 1. The number of ether oxygens (including phenoxy) is 2. The minimum atomic E-state index is 0.385. The van der Waals surface area contributed by atoms with E-state index in [1.165, 1.54) is 5.56 Å². The summed E-state index contributed by atoms with van der Waals surface area (Å²) >= 11 is 0. The molecule has 18 heavy (non-hydrogen) atoms. The van der Waals surface area contributed by atoms with Crippen LogP contribution in [0.2, 0.25) is 0 Å². The molecule has 0 radical (unpaired) electrons. The first kappa shape index (κ1) is 13.2. The number of rotatable bonds is 4. The molecule has 0 unspecified atom stereocenters. The highest BCUT2D eigenvalue weighted by Gasteiger charge is 2.19. The van der Waals surface area contributed by atoms with Crippen molar-refractivity contribution in [3.05, 3.63) is 23.8 Å². The quantitative estimate of drug-likeness (QED) is 0.881. The molecule has 1 aliphatic rings. The summed E-state index contributed by atoms with van der Waals surface area (Å²) in [6.07, 6.45) is 0. The Bertz CT molecular complexity index is 367. The van der Waals surface area contributed by atoms with Gasteiger partial charge in [0, 0.05) is 38.3 Å². The number of methoxy groups -OCH3 is 2. The van der Waals surface area contributed by atoms with Crippen LogP contribution in [-0.2, 0) is 0 Å². The van der Waals surface area contributed by atoms with Gasteiger partial charge in [-0.2, -0.15) is 0 Å². The Labute approximate surface area is 109 Å². The van der Waals surface area contributed by atoms with E-state index >= 15 is 0 Å². The van der Waals surface area contributed by atoms with E-state index in [4.69, 9.17) is 9.47 Å². The monoisotopic (exact) mass is 250 g/mol. The molecule has 0 saturated carbocycles. The van der Waals surface area contributed by atoms with E-state index in [2.05, 4.69) is 29.3 Å². The Morgan fingerprint density at radius 1 is 1.06 bits per heavy atom. The molecule has 1 atom stereocenters. The standard InChI is InChI=1S/C14H22N2O2/c1-11(16-6-4-15-5-7-16)12-8-13(17-2)10-14(9-12)18-3/h8-11,15H,4-7H2,1-3H3/t11-/m1/s1. The third kappa shape index (κ3) is 2.94. The molecule has 1 fully saturated rings. The molecule has 0 amide bonds. The molecule has 2 rings (SSSR count). The Morgan fingerprint density at radius 3 is 2.11 bits per heavy atom. The summed E-state index contributed by atoms with van der Waals surface area (Å²) in [5.41, 5.74) is 1.24. The van der Waals surface area contributed by atoms with Crippen molar-refractivity contribution in [3.8, 4) is 11.5 Å². The van der Waals surface area contributed by atoms with Gasteiger partial charge in [-0.05, 0) is 24.6 Å². The molecule has 1 aromatic carbocycles. The van der Waals surface area contributed by atoms with E-state index in [0.29, 0.717) is 6.04 Å². The molecule has 1 heterocycles. The molecule has 0 spiro atoms. The van der Waals surface area contributed by atoms with Gasteiger partial charge in [0.2, 0.25) is 0 Å². The normalized spacial score (nSPS) is 18.4. The van der Waals surface area contributed by atoms with Crippen molar-refractivity contribution >= 4 is 0 Å². The van der Waals surface area contributed by atoms with Crippen molar-refractivity contribution in [2.45, 2.75) is 13.0 Å². The van der Waals surface area contributed by atoms with Gasteiger partial charge in [-0.3, -0.25) is 4.90 Å². The van der Waals surface area contributed by atoms with Gasteiger partial charge in [0.1, 0.15) is 11.5 Å². The molecule has 1 N–H and O–H groups in total. The SMILES string of the molecule is COc1cc(OC)cc([C@@H](C)N2CCNCC2)c1. The van der Waals surface area contributed by atoms with Gasteiger partial charge in [-0.25, -0.2) is 0 Å². The van der Waals surface area contributed by atoms with Crippen LogP contribution in [0.5, 0.6) is 11.5 Å². The molecule has 0 bridgehead atoms. The fourth-order valence-electron chi connectivity index (χ4n) is 2.35. The van der Waals surface area contributed by atoms with Gasteiger partial charge in [-0.1, -0.05) is 0 Å². The molecule has 0 aromatic heterocycles. The van der Waals surface area contributed by atoms with Crippen molar-refractivity contribution in [3.63, 3.8) is 0 Å². The molecule has 1 saturated heterocycles. The van der Waals surface area contributed by atoms with Gasteiger partial charge < -0.3 is 14.8 Å². The summed E-state index contributed by atoms with van der Waals surface area (Å²) in [7, 11) is 3.38. The van der Waals surface area contributed by atoms with E-state index in [1.807, 2.05) is 6.07 Å². The van der Waals surface area contributed by atoms with Crippen molar-refractivity contribution in [2.75, 3.05) is 40.4 Å². The summed E-state index contributed by atoms with van der Waals surface area (Å²) in [6, 6.07) is 6.48. The average molecular weight is 250 g/mol. The Kier molecular flexibility index (Phi) is 4.44. The third-order valence-electron chi connectivity index (χ3n) is 3.56. The van der Waals surface area contributed by atoms with Crippen molar-refractivity contribution in [1.82, 2.24) is 10.2 Å². The highest BCUT2D eigenvalue weighted by atomic mass is 16.5. The number of hydrogen-bond acceptors (Lipinski definition) is 4. The maximum Gasteiger partial charge on any atom is 0.122 e. The Morgan fingerprint density at radius 2 is 1.61 bits per heavy atom. The number of benzene rings is 1. The summed E-state index contributed by atoms with van der Waals surface area (Å²) < 4.78 is 10.6. The fraction of sp³-hybridized carbons (Fsp3) is 0.571. The zero-order valence-electron chi connectivity index (χ0n) is 11.4. The van der Waals surface area contributed by atoms with Gasteiger partial charge in [0.25, 0.3) is 0 Å². The summed E-state index contributed by atoms with van der Waals surface area (Å²) in [4.78, 5) is 2.48. The molecule has 1 aliphatic heterocycles. The maximum atomic E-state index is 5.32. The van der Waals surface area contributed by atoms with Gasteiger partial charge in [0.05, 0.1) is 14.2 Å². The van der Waals surface area contributed by atoms with Crippen LogP contribution in [0.15, 0.2) is 18.2 Å². The molecule has 4 nitrogen and oxygen atoms in total. The van der Waals surface area contributed by atoms with Crippen LogP contribution >= 0.6 is 0 Å². The maximum absolute atomic E-state index is 5.32. The van der Waals surface area contributed by atoms with Crippen LogP contribution in [0, 0.1) is 0 Å². The van der Waals surface area contributed by atoms with Crippen molar-refractivity contribution < 1.29 is 9.47 Å². The lowest BCUT2D eigenvalue weighted by molar-refractivity contribution is 0.185. The van der Waals surface area contributed by atoms with Crippen LogP contribution in [0.4, 0.5) is 0 Å². The predicted octanol–water partition coefficient (Wildman–Crippen LogP) is 1.67. The zero-order valence-corrected chi connectivity index (χ0v) is 11.4. The average Bonchev–Trinajstić information content (AvgIpc) is 2.46. The molecule has 0 aliphatic carbocycles. The van der Waals surface area contributed by atoms with E-state index in [-0.39, 0.29) is 0 Å². The fourth-order valence-corrected chi connectivity index (χ4v) is 2.35. The Hall–Kier alpha value is -1.26. The second-order valence-electron chi connectivity index (χ2n) is 4.61. The largest absolute Gasteiger partial charge is 0.497 e. The van der Waals surface area contributed by atoms with Crippen LogP contribution in [0.3, 0.4) is 0 Å². The van der Waals surface area contributed by atoms with Gasteiger partial charge in [-0.15, -0.1) is 0 Å². The first-order valence-corrected chi connectivity index (χ1v) is 6.42. The smallest absolute Gasteiger partial charge is 0.122 e. The van der Waals surface area contributed by atoms with Crippen LogP contribution in [-0.4, -0.2) is 45.3 Å². The second-order valence-corrected chi connectivity index (χ2v) is 4.61. The molecular weight excluding hydrogens is 228 g/mol. The third-order valence-corrected chi connectivity index (χ3v) is 3.56. The van der Waals surface area contributed by atoms with E-state index in [9.17, 15) is 0 Å². The van der Waals surface area contributed by atoms with Crippen LogP contribution in [0.25, 0.3) is 0 Å². The van der Waals surface area contributed by atoms with Crippen molar-refractivity contribution in [1.29, 1.82) is 0 Å². The van der Waals surface area contributed by atoms with Crippen LogP contribution < -0.4 is 14.8 Å². The minimum Gasteiger partial charge on any atom is -0.497 e. The minimum absolute atomic E-state index is 0.385. The van der Waals surface area contributed by atoms with E-state index < -0.39 is 0 Å². The predicted molar refractivity (Wildman–Crippen MR) is 72.4 cm³/mol. The van der Waals surface area contributed by atoms with Gasteiger partial charge in [0.15, 0.2) is 0 Å². The first-order valence-electron chi connectivity index (χ1n) is 6.42. The van der Waals surface area contributed by atoms with Crippen LogP contribution in [0.1, 0.15) is 18.5 Å². The molecule has 1 aromatic rings. The lowest BCUT2D eigenvalue weighted by Gasteiger charge is -2.33. The summed E-state index contributed by atoms with van der Waals surface area (Å²) in [5, 5.41) is 3.38. The molecule has 4 heteroatoms. The number of nitrogens with one attached hydrogen (secondary N) is 1. The molecular formula is C14H22N2O2. The lowest BCUT2D eigenvalue weighted by Crippen LogP contribution is -2.44. The lowest BCUT2D eigenvalue weighted by atomic mass is 10.1. The summed E-state index contributed by atoms with van der Waals surface area (Å²) in [5.74, 6) is 1.71. The number of piperazine rings is 1. The first-order chi connectivity index (χ1) is 8.74. The van der Waals surface area contributed by atoms with Gasteiger partial charge >= 0.3 is 0 Å². The highest BCUT2D eigenvalue weighted by molar-refractivity contribution is 5.39. The summed E-state index contributed by atoms with van der Waals surface area (Å²) in [6.45, 7) is 6.53. The topological polar surface area (TPSA) is 33.7 Å². The van der Waals surface area contributed by atoms with Crippen molar-refractivity contribution in [2.24, 2.45) is 0 Å². The Balaban J connectivity index is 2.19.